The fraction of sp³-hybridized carbons (Fsp3) is 0.400. The Balaban J connectivity index is 1.85. The summed E-state index contributed by atoms with van der Waals surface area (Å²) in [7, 11) is 0. The molecular weight excluding hydrogens is 376 g/mol. The second-order valence-corrected chi connectivity index (χ2v) is 8.84. The molecule has 28 heavy (non-hydrogen) atoms. The lowest BCUT2D eigenvalue weighted by Gasteiger charge is -2.49. The number of anilines is 2. The number of nitrogens with zero attached hydrogens (tertiary/aromatic N) is 3. The minimum absolute atomic E-state index is 0.138. The van der Waals surface area contributed by atoms with Crippen LogP contribution in [0.2, 0.25) is 0 Å². The first-order valence-electron chi connectivity index (χ1n) is 9.32. The maximum absolute atomic E-state index is 13.5. The van der Waals surface area contributed by atoms with Gasteiger partial charge in [0.05, 0.1) is 11.3 Å². The van der Waals surface area contributed by atoms with Crippen LogP contribution < -0.4 is 10.2 Å². The fourth-order valence-electron chi connectivity index (χ4n) is 4.01. The molecule has 3 heterocycles. The molecule has 0 saturated carbocycles. The van der Waals surface area contributed by atoms with Gasteiger partial charge in [-0.15, -0.1) is 11.3 Å². The number of carbonyl (C=O) groups excluding carboxylic acids is 3. The third kappa shape index (κ3) is 2.71. The van der Waals surface area contributed by atoms with Crippen molar-refractivity contribution in [2.24, 2.45) is 5.92 Å². The van der Waals surface area contributed by atoms with Gasteiger partial charge >= 0.3 is 0 Å². The zero-order chi connectivity index (χ0) is 20.1. The van der Waals surface area contributed by atoms with Crippen molar-refractivity contribution in [2.75, 3.05) is 16.8 Å². The Morgan fingerprint density at radius 1 is 1.32 bits per heavy atom. The third-order valence-electron chi connectivity index (χ3n) is 5.13. The summed E-state index contributed by atoms with van der Waals surface area (Å²) in [4.78, 5) is 48.0. The Labute approximate surface area is 167 Å². The largest absolute Gasteiger partial charge is 0.307 e. The van der Waals surface area contributed by atoms with Gasteiger partial charge in [0.25, 0.3) is 11.8 Å². The van der Waals surface area contributed by atoms with Gasteiger partial charge in [0.1, 0.15) is 0 Å². The molecule has 3 amide bonds. The predicted molar refractivity (Wildman–Crippen MR) is 107 cm³/mol. The van der Waals surface area contributed by atoms with Crippen molar-refractivity contribution >= 4 is 39.9 Å². The van der Waals surface area contributed by atoms with E-state index in [0.29, 0.717) is 22.9 Å². The van der Waals surface area contributed by atoms with Crippen LogP contribution in [0.5, 0.6) is 0 Å². The quantitative estimate of drug-likeness (QED) is 0.858. The van der Waals surface area contributed by atoms with Gasteiger partial charge in [-0.05, 0) is 25.0 Å². The molecule has 0 spiro atoms. The Kier molecular flexibility index (Phi) is 4.45. The molecule has 1 fully saturated rings. The molecule has 146 valence electrons. The lowest BCUT2D eigenvalue weighted by atomic mass is 9.94. The molecule has 1 aromatic carbocycles. The third-order valence-corrected chi connectivity index (χ3v) is 5.96. The van der Waals surface area contributed by atoms with Gasteiger partial charge in [-0.3, -0.25) is 24.6 Å². The van der Waals surface area contributed by atoms with Crippen LogP contribution in [0.3, 0.4) is 0 Å². The zero-order valence-electron chi connectivity index (χ0n) is 16.1. The van der Waals surface area contributed by atoms with Crippen molar-refractivity contribution in [2.45, 2.75) is 39.3 Å². The normalized spacial score (nSPS) is 21.1. The zero-order valence-corrected chi connectivity index (χ0v) is 16.9. The summed E-state index contributed by atoms with van der Waals surface area (Å²) in [5.41, 5.74) is -0.417. The molecule has 1 aromatic heterocycles. The van der Waals surface area contributed by atoms with E-state index >= 15 is 0 Å². The Morgan fingerprint density at radius 3 is 2.75 bits per heavy atom. The van der Waals surface area contributed by atoms with Gasteiger partial charge < -0.3 is 4.90 Å². The summed E-state index contributed by atoms with van der Waals surface area (Å²) in [5.74, 6) is -0.630. The smallest absolute Gasteiger partial charge is 0.273 e. The van der Waals surface area contributed by atoms with E-state index < -0.39 is 11.6 Å². The molecule has 8 heteroatoms. The number of fused-ring (bicyclic) bond motifs is 3. The van der Waals surface area contributed by atoms with E-state index in [0.717, 1.165) is 4.88 Å². The molecule has 7 nitrogen and oxygen atoms in total. The standard InChI is InChI=1S/C20H22N4O3S/c1-12(2)11-23-17(26)14-6-4-5-7-15(14)24-16(25)8-9-20(23,24)18(27)22-19-21-10-13(3)28-19/h4-7,10,12H,8-9,11H2,1-3H3,(H,21,22,27). The molecule has 1 N–H and O–H groups in total. The highest BCUT2D eigenvalue weighted by molar-refractivity contribution is 7.15. The Hall–Kier alpha value is -2.74. The molecule has 0 radical (unpaired) electrons. The van der Waals surface area contributed by atoms with Crippen LogP contribution in [0, 0.1) is 12.8 Å². The number of carbonyl (C=O) groups is 3. The lowest BCUT2D eigenvalue weighted by molar-refractivity contribution is -0.129. The van der Waals surface area contributed by atoms with Gasteiger partial charge in [-0.25, -0.2) is 4.98 Å². The molecule has 0 aliphatic carbocycles. The number of nitrogens with one attached hydrogen (secondary N) is 1. The van der Waals surface area contributed by atoms with Gasteiger partial charge in [0.15, 0.2) is 5.13 Å². The molecular formula is C20H22N4O3S. The minimum Gasteiger partial charge on any atom is -0.307 e. The Bertz CT molecular complexity index is 970. The van der Waals surface area contributed by atoms with E-state index in [9.17, 15) is 14.4 Å². The SMILES string of the molecule is Cc1cnc(NC(=O)C23CCC(=O)N2c2ccccc2C(=O)N3CC(C)C)s1. The maximum Gasteiger partial charge on any atom is 0.273 e. The summed E-state index contributed by atoms with van der Waals surface area (Å²) in [6, 6.07) is 7.00. The first-order valence-corrected chi connectivity index (χ1v) is 10.1. The lowest BCUT2D eigenvalue weighted by Crippen LogP contribution is -2.69. The number of amides is 3. The van der Waals surface area contributed by atoms with Crippen LogP contribution in [0.1, 0.15) is 41.9 Å². The van der Waals surface area contributed by atoms with Crippen LogP contribution in [0.25, 0.3) is 0 Å². The van der Waals surface area contributed by atoms with Crippen LogP contribution in [-0.4, -0.2) is 39.8 Å². The summed E-state index contributed by atoms with van der Waals surface area (Å²) in [6.07, 6.45) is 2.15. The van der Waals surface area contributed by atoms with Crippen LogP contribution >= 0.6 is 11.3 Å². The van der Waals surface area contributed by atoms with Gasteiger partial charge in [-0.1, -0.05) is 26.0 Å². The van der Waals surface area contributed by atoms with E-state index in [-0.39, 0.29) is 30.6 Å². The second kappa shape index (κ2) is 6.70. The molecule has 1 unspecified atom stereocenters. The summed E-state index contributed by atoms with van der Waals surface area (Å²) >= 11 is 1.36. The number of hydrogen-bond donors (Lipinski definition) is 1. The summed E-state index contributed by atoms with van der Waals surface area (Å²) < 4.78 is 0. The molecule has 2 aromatic rings. The van der Waals surface area contributed by atoms with Crippen molar-refractivity contribution in [3.63, 3.8) is 0 Å². The highest BCUT2D eigenvalue weighted by Crippen LogP contribution is 2.45. The predicted octanol–water partition coefficient (Wildman–Crippen LogP) is 3.03. The number of para-hydroxylation sites is 1. The van der Waals surface area contributed by atoms with Gasteiger partial charge in [0.2, 0.25) is 11.6 Å². The molecule has 1 saturated heterocycles. The number of aryl methyl sites for hydroxylation is 1. The molecule has 2 aliphatic heterocycles. The first kappa shape index (κ1) is 18.6. The highest BCUT2D eigenvalue weighted by Gasteiger charge is 2.60. The monoisotopic (exact) mass is 398 g/mol. The van der Waals surface area contributed by atoms with E-state index in [4.69, 9.17) is 0 Å². The highest BCUT2D eigenvalue weighted by atomic mass is 32.1. The van der Waals surface area contributed by atoms with E-state index in [1.807, 2.05) is 20.8 Å². The van der Waals surface area contributed by atoms with Crippen molar-refractivity contribution in [1.29, 1.82) is 0 Å². The van der Waals surface area contributed by atoms with Crippen molar-refractivity contribution in [3.8, 4) is 0 Å². The Morgan fingerprint density at radius 2 is 2.07 bits per heavy atom. The van der Waals surface area contributed by atoms with Crippen molar-refractivity contribution in [3.05, 3.63) is 40.9 Å². The van der Waals surface area contributed by atoms with Crippen LogP contribution in [0.15, 0.2) is 30.5 Å². The van der Waals surface area contributed by atoms with E-state index in [1.54, 1.807) is 35.4 Å². The molecule has 2 aliphatic rings. The van der Waals surface area contributed by atoms with Crippen molar-refractivity contribution < 1.29 is 14.4 Å². The second-order valence-electron chi connectivity index (χ2n) is 7.60. The summed E-state index contributed by atoms with van der Waals surface area (Å²) in [5, 5.41) is 3.32. The topological polar surface area (TPSA) is 82.6 Å². The van der Waals surface area contributed by atoms with E-state index in [1.165, 1.54) is 16.2 Å². The van der Waals surface area contributed by atoms with Gasteiger partial charge in [0, 0.05) is 30.5 Å². The van der Waals surface area contributed by atoms with Gasteiger partial charge in [-0.2, -0.15) is 0 Å². The number of aromatic nitrogens is 1. The maximum atomic E-state index is 13.5. The number of thiazole rings is 1. The molecule has 0 bridgehead atoms. The minimum atomic E-state index is -1.37. The molecule has 4 rings (SSSR count). The summed E-state index contributed by atoms with van der Waals surface area (Å²) in [6.45, 7) is 6.26. The number of rotatable bonds is 4. The van der Waals surface area contributed by atoms with Crippen LogP contribution in [0.4, 0.5) is 10.8 Å². The number of benzene rings is 1. The van der Waals surface area contributed by atoms with Crippen LogP contribution in [-0.2, 0) is 9.59 Å². The first-order chi connectivity index (χ1) is 13.3. The van der Waals surface area contributed by atoms with Crippen molar-refractivity contribution in [1.82, 2.24) is 9.88 Å². The molecule has 1 atom stereocenters. The number of hydrogen-bond acceptors (Lipinski definition) is 5. The average Bonchev–Trinajstić information content (AvgIpc) is 3.22. The van der Waals surface area contributed by atoms with E-state index in [2.05, 4.69) is 10.3 Å². The fourth-order valence-corrected chi connectivity index (χ4v) is 4.67. The average molecular weight is 398 g/mol.